The van der Waals surface area contributed by atoms with Gasteiger partial charge in [0.25, 0.3) is 0 Å². The van der Waals surface area contributed by atoms with E-state index in [1.807, 2.05) is 19.1 Å². The van der Waals surface area contributed by atoms with Crippen LogP contribution in [0, 0.1) is 5.92 Å². The van der Waals surface area contributed by atoms with Crippen LogP contribution < -0.4 is 0 Å². The van der Waals surface area contributed by atoms with Crippen molar-refractivity contribution < 1.29 is 5.11 Å². The van der Waals surface area contributed by atoms with Crippen molar-refractivity contribution in [3.8, 4) is 0 Å². The van der Waals surface area contributed by atoms with Gasteiger partial charge in [-0.05, 0) is 16.5 Å². The van der Waals surface area contributed by atoms with Gasteiger partial charge in [0.1, 0.15) is 0 Å². The Morgan fingerprint density at radius 1 is 1.19 bits per heavy atom. The molecule has 1 heteroatoms. The average molecular weight is 218 g/mol. The van der Waals surface area contributed by atoms with Gasteiger partial charge in [-0.25, -0.2) is 0 Å². The molecule has 0 aliphatic carbocycles. The smallest absolute Gasteiger partial charge is 0.0849 e. The minimum absolute atomic E-state index is 0.0838. The standard InChI is InChI=1S/C15H22O/c1-6-11(2)14(16)12-7-9-13(10-8-12)15(3,4)5/h6-11,14,16H,1H2,2-5H3/t11-,14+/m0/s1. The summed E-state index contributed by atoms with van der Waals surface area (Å²) in [6.07, 6.45) is 1.33. The van der Waals surface area contributed by atoms with E-state index in [-0.39, 0.29) is 11.3 Å². The Morgan fingerprint density at radius 3 is 2.06 bits per heavy atom. The normalized spacial score (nSPS) is 15.6. The summed E-state index contributed by atoms with van der Waals surface area (Å²) in [5.74, 6) is 0.0838. The Hall–Kier alpha value is -1.08. The molecule has 0 aliphatic rings. The van der Waals surface area contributed by atoms with E-state index in [9.17, 15) is 5.11 Å². The molecular formula is C15H22O. The number of rotatable bonds is 3. The van der Waals surface area contributed by atoms with Crippen LogP contribution in [-0.4, -0.2) is 5.11 Å². The SMILES string of the molecule is C=C[C@H](C)[C@@H](O)c1ccc(C(C)(C)C)cc1. The summed E-state index contributed by atoms with van der Waals surface area (Å²) in [7, 11) is 0. The summed E-state index contributed by atoms with van der Waals surface area (Å²) in [5, 5.41) is 10.0. The monoisotopic (exact) mass is 218 g/mol. The van der Waals surface area contributed by atoms with Crippen LogP contribution in [0.2, 0.25) is 0 Å². The minimum Gasteiger partial charge on any atom is -0.388 e. The van der Waals surface area contributed by atoms with Crippen molar-refractivity contribution in [3.05, 3.63) is 48.0 Å². The van der Waals surface area contributed by atoms with E-state index in [2.05, 4.69) is 39.5 Å². The zero-order chi connectivity index (χ0) is 12.3. The first-order valence-corrected chi connectivity index (χ1v) is 5.77. The highest BCUT2D eigenvalue weighted by Crippen LogP contribution is 2.26. The van der Waals surface area contributed by atoms with Gasteiger partial charge in [0.15, 0.2) is 0 Å². The van der Waals surface area contributed by atoms with Gasteiger partial charge in [0, 0.05) is 5.92 Å². The molecule has 2 atom stereocenters. The Morgan fingerprint density at radius 2 is 1.69 bits per heavy atom. The van der Waals surface area contributed by atoms with E-state index < -0.39 is 6.10 Å². The number of benzene rings is 1. The van der Waals surface area contributed by atoms with Gasteiger partial charge in [-0.15, -0.1) is 6.58 Å². The summed E-state index contributed by atoms with van der Waals surface area (Å²) < 4.78 is 0. The van der Waals surface area contributed by atoms with Crippen molar-refractivity contribution in [3.63, 3.8) is 0 Å². The lowest BCUT2D eigenvalue weighted by atomic mass is 9.85. The molecule has 1 aromatic rings. The molecule has 16 heavy (non-hydrogen) atoms. The van der Waals surface area contributed by atoms with Gasteiger partial charge in [-0.2, -0.15) is 0 Å². The molecule has 0 aliphatic heterocycles. The van der Waals surface area contributed by atoms with Crippen molar-refractivity contribution in [1.29, 1.82) is 0 Å². The second kappa shape index (κ2) is 4.84. The van der Waals surface area contributed by atoms with Crippen molar-refractivity contribution in [1.82, 2.24) is 0 Å². The summed E-state index contributed by atoms with van der Waals surface area (Å²) >= 11 is 0. The summed E-state index contributed by atoms with van der Waals surface area (Å²) in [6, 6.07) is 8.19. The number of hydrogen-bond acceptors (Lipinski definition) is 1. The van der Waals surface area contributed by atoms with Crippen LogP contribution >= 0.6 is 0 Å². The van der Waals surface area contributed by atoms with Crippen LogP contribution in [0.5, 0.6) is 0 Å². The highest BCUT2D eigenvalue weighted by Gasteiger charge is 2.16. The van der Waals surface area contributed by atoms with E-state index >= 15 is 0 Å². The molecule has 88 valence electrons. The molecule has 0 fully saturated rings. The summed E-state index contributed by atoms with van der Waals surface area (Å²) in [5.41, 5.74) is 2.41. The lowest BCUT2D eigenvalue weighted by Gasteiger charge is -2.21. The van der Waals surface area contributed by atoms with E-state index in [1.165, 1.54) is 5.56 Å². The van der Waals surface area contributed by atoms with Gasteiger partial charge in [-0.3, -0.25) is 0 Å². The number of hydrogen-bond donors (Lipinski definition) is 1. The van der Waals surface area contributed by atoms with E-state index in [4.69, 9.17) is 0 Å². The van der Waals surface area contributed by atoms with E-state index in [0.29, 0.717) is 0 Å². The predicted octanol–water partition coefficient (Wildman–Crippen LogP) is 3.84. The lowest BCUT2D eigenvalue weighted by Crippen LogP contribution is -2.12. The van der Waals surface area contributed by atoms with Gasteiger partial charge in [-0.1, -0.05) is 58.0 Å². The van der Waals surface area contributed by atoms with Gasteiger partial charge >= 0.3 is 0 Å². The Balaban J connectivity index is 2.91. The second-order valence-corrected chi connectivity index (χ2v) is 5.41. The maximum Gasteiger partial charge on any atom is 0.0849 e. The molecule has 1 rings (SSSR count). The van der Waals surface area contributed by atoms with Crippen LogP contribution in [0.25, 0.3) is 0 Å². The van der Waals surface area contributed by atoms with E-state index in [1.54, 1.807) is 6.08 Å². The number of aliphatic hydroxyl groups excluding tert-OH is 1. The fourth-order valence-electron chi connectivity index (χ4n) is 1.61. The van der Waals surface area contributed by atoms with Gasteiger partial charge < -0.3 is 5.11 Å². The van der Waals surface area contributed by atoms with Gasteiger partial charge in [0.05, 0.1) is 6.10 Å². The zero-order valence-electron chi connectivity index (χ0n) is 10.7. The summed E-state index contributed by atoms with van der Waals surface area (Å²) in [6.45, 7) is 12.2. The van der Waals surface area contributed by atoms with Crippen LogP contribution in [0.4, 0.5) is 0 Å². The lowest BCUT2D eigenvalue weighted by molar-refractivity contribution is 0.140. The Labute approximate surface area is 98.8 Å². The molecule has 0 aromatic heterocycles. The number of aliphatic hydroxyl groups is 1. The Bertz CT molecular complexity index is 343. The molecule has 1 N–H and O–H groups in total. The predicted molar refractivity (Wildman–Crippen MR) is 69.5 cm³/mol. The third-order valence-corrected chi connectivity index (χ3v) is 2.99. The molecule has 0 unspecified atom stereocenters. The maximum atomic E-state index is 10.0. The molecule has 0 amide bonds. The molecule has 0 spiro atoms. The first kappa shape index (κ1) is 13.0. The van der Waals surface area contributed by atoms with E-state index in [0.717, 1.165) is 5.56 Å². The second-order valence-electron chi connectivity index (χ2n) is 5.41. The molecule has 1 nitrogen and oxygen atoms in total. The Kier molecular flexibility index (Phi) is 3.93. The minimum atomic E-state index is -0.452. The summed E-state index contributed by atoms with van der Waals surface area (Å²) in [4.78, 5) is 0. The molecule has 0 radical (unpaired) electrons. The third-order valence-electron chi connectivity index (χ3n) is 2.99. The van der Waals surface area contributed by atoms with Crippen molar-refractivity contribution in [2.45, 2.75) is 39.2 Å². The third kappa shape index (κ3) is 2.96. The van der Waals surface area contributed by atoms with Crippen LogP contribution in [0.15, 0.2) is 36.9 Å². The fourth-order valence-corrected chi connectivity index (χ4v) is 1.61. The first-order valence-electron chi connectivity index (χ1n) is 5.77. The van der Waals surface area contributed by atoms with Crippen LogP contribution in [0.3, 0.4) is 0 Å². The molecule has 1 aromatic carbocycles. The van der Waals surface area contributed by atoms with Crippen LogP contribution in [-0.2, 0) is 5.41 Å². The highest BCUT2D eigenvalue weighted by atomic mass is 16.3. The fraction of sp³-hybridized carbons (Fsp3) is 0.467. The molecule has 0 heterocycles. The molecule has 0 saturated heterocycles. The van der Waals surface area contributed by atoms with Crippen LogP contribution in [0.1, 0.15) is 44.9 Å². The quantitative estimate of drug-likeness (QED) is 0.764. The van der Waals surface area contributed by atoms with Crippen molar-refractivity contribution >= 4 is 0 Å². The molecule has 0 saturated carbocycles. The van der Waals surface area contributed by atoms with Crippen molar-refractivity contribution in [2.24, 2.45) is 5.92 Å². The average Bonchev–Trinajstić information content (AvgIpc) is 2.26. The highest BCUT2D eigenvalue weighted by molar-refractivity contribution is 5.29. The topological polar surface area (TPSA) is 20.2 Å². The maximum absolute atomic E-state index is 10.0. The zero-order valence-corrected chi connectivity index (χ0v) is 10.7. The molecular weight excluding hydrogens is 196 g/mol. The first-order chi connectivity index (χ1) is 7.36. The molecule has 0 bridgehead atoms. The van der Waals surface area contributed by atoms with Crippen molar-refractivity contribution in [2.75, 3.05) is 0 Å². The largest absolute Gasteiger partial charge is 0.388 e. The van der Waals surface area contributed by atoms with Gasteiger partial charge in [0.2, 0.25) is 0 Å².